The number of rotatable bonds is 8. The lowest BCUT2D eigenvalue weighted by atomic mass is 9.97. The second kappa shape index (κ2) is 13.0. The zero-order chi connectivity index (χ0) is 28.6. The molecule has 10 nitrogen and oxygen atoms in total. The summed E-state index contributed by atoms with van der Waals surface area (Å²) in [6.45, 7) is 1.79. The Balaban J connectivity index is 1.57. The standard InChI is InChI=1S/C29H29ClN4O6/c1-18(19-8-10-20(11-9-19)28(36)37)32-29(38)34-17-26(33-40-24-6-4-3-5-7-24)31-16-22(27(34)35)14-21-15-23(30)12-13-25(21)39-2/h3-13,15,18,22H,14,16-17H2,1-2H3,(H,31,33)(H,32,38)(H,36,37)/t18?,22-/m1/s1. The number of carboxylic acids is 1. The normalized spacial score (nSPS) is 17.0. The smallest absolute Gasteiger partial charge is 0.335 e. The second-order valence-corrected chi connectivity index (χ2v) is 9.64. The van der Waals surface area contributed by atoms with E-state index in [1.165, 1.54) is 19.2 Å². The molecule has 40 heavy (non-hydrogen) atoms. The van der Waals surface area contributed by atoms with Crippen LogP contribution in [0, 0.1) is 5.92 Å². The van der Waals surface area contributed by atoms with Gasteiger partial charge in [-0.2, -0.15) is 0 Å². The van der Waals surface area contributed by atoms with E-state index in [9.17, 15) is 14.4 Å². The molecule has 3 N–H and O–H groups in total. The molecule has 0 saturated carbocycles. The molecule has 1 fully saturated rings. The minimum atomic E-state index is -1.04. The maximum Gasteiger partial charge on any atom is 0.335 e. The lowest BCUT2D eigenvalue weighted by Gasteiger charge is -2.25. The summed E-state index contributed by atoms with van der Waals surface area (Å²) >= 11 is 6.21. The van der Waals surface area contributed by atoms with Crippen molar-refractivity contribution >= 4 is 35.3 Å². The Morgan fingerprint density at radius 2 is 1.88 bits per heavy atom. The highest BCUT2D eigenvalue weighted by Gasteiger charge is 2.34. The van der Waals surface area contributed by atoms with Crippen molar-refractivity contribution < 1.29 is 29.1 Å². The maximum absolute atomic E-state index is 13.7. The fourth-order valence-electron chi connectivity index (χ4n) is 4.25. The first kappa shape index (κ1) is 28.4. The number of halogens is 1. The van der Waals surface area contributed by atoms with Crippen LogP contribution in [-0.4, -0.2) is 53.9 Å². The molecule has 0 aromatic heterocycles. The highest BCUT2D eigenvalue weighted by molar-refractivity contribution is 6.30. The van der Waals surface area contributed by atoms with Gasteiger partial charge in [0.15, 0.2) is 11.6 Å². The number of carbonyl (C=O) groups is 3. The molecule has 1 aliphatic heterocycles. The number of imide groups is 1. The molecule has 208 valence electrons. The van der Waals surface area contributed by atoms with Crippen molar-refractivity contribution in [2.24, 2.45) is 11.1 Å². The molecule has 0 bridgehead atoms. The van der Waals surface area contributed by atoms with E-state index in [0.29, 0.717) is 27.9 Å². The largest absolute Gasteiger partial charge is 0.496 e. The first-order chi connectivity index (χ1) is 19.2. The zero-order valence-electron chi connectivity index (χ0n) is 22.0. The van der Waals surface area contributed by atoms with Crippen LogP contribution in [-0.2, 0) is 11.2 Å². The van der Waals surface area contributed by atoms with E-state index in [-0.39, 0.29) is 25.1 Å². The number of amides is 3. The molecule has 1 unspecified atom stereocenters. The third-order valence-corrected chi connectivity index (χ3v) is 6.67. The van der Waals surface area contributed by atoms with Gasteiger partial charge < -0.3 is 25.3 Å². The Hall–Kier alpha value is -4.57. The predicted octanol–water partition coefficient (Wildman–Crippen LogP) is 4.50. The summed E-state index contributed by atoms with van der Waals surface area (Å²) < 4.78 is 5.45. The maximum atomic E-state index is 13.7. The first-order valence-electron chi connectivity index (χ1n) is 12.6. The molecule has 4 rings (SSSR count). The average Bonchev–Trinajstić information content (AvgIpc) is 3.11. The van der Waals surface area contributed by atoms with Crippen molar-refractivity contribution in [3.05, 3.63) is 94.5 Å². The van der Waals surface area contributed by atoms with Gasteiger partial charge in [0.2, 0.25) is 5.91 Å². The topological polar surface area (TPSA) is 130 Å². The number of ether oxygens (including phenoxy) is 1. The SMILES string of the molecule is COc1ccc(Cl)cc1C[C@@H]1CN/C(=N\Oc2ccccc2)CN(C(=O)NC(C)c2ccc(C(=O)O)cc2)C1=O. The number of urea groups is 1. The van der Waals surface area contributed by atoms with Crippen LogP contribution in [0.4, 0.5) is 4.79 Å². The van der Waals surface area contributed by atoms with Crippen molar-refractivity contribution in [3.8, 4) is 11.5 Å². The van der Waals surface area contributed by atoms with E-state index in [1.54, 1.807) is 61.5 Å². The van der Waals surface area contributed by atoms with Crippen molar-refractivity contribution in [1.82, 2.24) is 15.5 Å². The Labute approximate surface area is 236 Å². The molecule has 3 aromatic rings. The number of nitrogens with one attached hydrogen (secondary N) is 2. The van der Waals surface area contributed by atoms with Crippen LogP contribution in [0.3, 0.4) is 0 Å². The summed E-state index contributed by atoms with van der Waals surface area (Å²) in [4.78, 5) is 45.0. The number of benzene rings is 3. The molecule has 0 spiro atoms. The molecule has 0 radical (unpaired) electrons. The molecular formula is C29H29ClN4O6. The Kier molecular flexibility index (Phi) is 9.23. The minimum absolute atomic E-state index is 0.134. The molecule has 11 heteroatoms. The molecule has 2 atom stereocenters. The minimum Gasteiger partial charge on any atom is -0.496 e. The summed E-state index contributed by atoms with van der Waals surface area (Å²) in [6.07, 6.45) is 0.262. The number of carboxylic acid groups (broad SMARTS) is 1. The number of aromatic carboxylic acids is 1. The lowest BCUT2D eigenvalue weighted by molar-refractivity contribution is -0.131. The predicted molar refractivity (Wildman–Crippen MR) is 150 cm³/mol. The highest BCUT2D eigenvalue weighted by atomic mass is 35.5. The Morgan fingerprint density at radius 1 is 1.15 bits per heavy atom. The Bertz CT molecular complexity index is 1400. The summed E-state index contributed by atoms with van der Waals surface area (Å²) in [5.74, 6) is -0.721. The molecule has 3 aromatic carbocycles. The van der Waals surface area contributed by atoms with E-state index < -0.39 is 29.9 Å². The van der Waals surface area contributed by atoms with Crippen LogP contribution < -0.4 is 20.2 Å². The third-order valence-electron chi connectivity index (χ3n) is 6.43. The van der Waals surface area contributed by atoms with E-state index in [2.05, 4.69) is 15.8 Å². The fourth-order valence-corrected chi connectivity index (χ4v) is 4.44. The molecule has 1 saturated heterocycles. The molecule has 1 aliphatic rings. The van der Waals surface area contributed by atoms with Gasteiger partial charge in [-0.25, -0.2) is 9.59 Å². The number of para-hydroxylation sites is 1. The fraction of sp³-hybridized carbons (Fsp3) is 0.241. The van der Waals surface area contributed by atoms with Crippen LogP contribution in [0.1, 0.15) is 34.5 Å². The highest BCUT2D eigenvalue weighted by Crippen LogP contribution is 2.26. The van der Waals surface area contributed by atoms with E-state index in [0.717, 1.165) is 10.5 Å². The van der Waals surface area contributed by atoms with Gasteiger partial charge in [0, 0.05) is 11.6 Å². The Morgan fingerprint density at radius 3 is 2.55 bits per heavy atom. The summed E-state index contributed by atoms with van der Waals surface area (Å²) in [6, 6.07) is 19.1. The number of methoxy groups -OCH3 is 1. The van der Waals surface area contributed by atoms with Crippen molar-refractivity contribution in [2.75, 3.05) is 20.2 Å². The van der Waals surface area contributed by atoms with E-state index in [1.807, 2.05) is 6.07 Å². The second-order valence-electron chi connectivity index (χ2n) is 9.20. The number of hydrogen-bond acceptors (Lipinski definition) is 6. The lowest BCUT2D eigenvalue weighted by Crippen LogP contribution is -2.48. The summed E-state index contributed by atoms with van der Waals surface area (Å²) in [5.41, 5.74) is 1.54. The van der Waals surface area contributed by atoms with E-state index >= 15 is 0 Å². The van der Waals surface area contributed by atoms with E-state index in [4.69, 9.17) is 26.3 Å². The third kappa shape index (κ3) is 7.09. The van der Waals surface area contributed by atoms with Crippen LogP contribution >= 0.6 is 11.6 Å². The number of amidine groups is 1. The van der Waals surface area contributed by atoms with Gasteiger partial charge in [0.05, 0.1) is 31.2 Å². The van der Waals surface area contributed by atoms with Gasteiger partial charge in [0.25, 0.3) is 0 Å². The quantitative estimate of drug-likeness (QED) is 0.343. The summed E-state index contributed by atoms with van der Waals surface area (Å²) in [7, 11) is 1.54. The number of nitrogens with zero attached hydrogens (tertiary/aromatic N) is 2. The zero-order valence-corrected chi connectivity index (χ0v) is 22.7. The van der Waals surface area contributed by atoms with Crippen LogP contribution in [0.15, 0.2) is 78.0 Å². The van der Waals surface area contributed by atoms with Crippen molar-refractivity contribution in [1.29, 1.82) is 0 Å². The molecule has 3 amide bonds. The monoisotopic (exact) mass is 564 g/mol. The molecule has 0 aliphatic carbocycles. The number of oxime groups is 1. The molecular weight excluding hydrogens is 536 g/mol. The van der Waals surface area contributed by atoms with Crippen molar-refractivity contribution in [2.45, 2.75) is 19.4 Å². The number of hydrogen-bond donors (Lipinski definition) is 3. The van der Waals surface area contributed by atoms with Gasteiger partial charge in [-0.15, -0.1) is 0 Å². The van der Waals surface area contributed by atoms with Crippen molar-refractivity contribution in [3.63, 3.8) is 0 Å². The van der Waals surface area contributed by atoms with Crippen LogP contribution in [0.25, 0.3) is 0 Å². The average molecular weight is 565 g/mol. The first-order valence-corrected chi connectivity index (χ1v) is 12.9. The van der Waals surface area contributed by atoms with Crippen LogP contribution in [0.5, 0.6) is 11.5 Å². The number of carbonyl (C=O) groups excluding carboxylic acids is 2. The van der Waals surface area contributed by atoms with Crippen LogP contribution in [0.2, 0.25) is 5.02 Å². The van der Waals surface area contributed by atoms with Gasteiger partial charge in [0.1, 0.15) is 5.75 Å². The summed E-state index contributed by atoms with van der Waals surface area (Å²) in [5, 5.41) is 19.8. The molecule has 1 heterocycles. The van der Waals surface area contributed by atoms with Gasteiger partial charge in [-0.1, -0.05) is 47.1 Å². The van der Waals surface area contributed by atoms with Gasteiger partial charge >= 0.3 is 12.0 Å². The van der Waals surface area contributed by atoms with Gasteiger partial charge in [-0.3, -0.25) is 9.69 Å². The van der Waals surface area contributed by atoms with Gasteiger partial charge in [-0.05, 0) is 66.9 Å².